The van der Waals surface area contributed by atoms with Crippen molar-refractivity contribution in [1.29, 1.82) is 0 Å². The summed E-state index contributed by atoms with van der Waals surface area (Å²) in [6.45, 7) is 6.30. The van der Waals surface area contributed by atoms with Gasteiger partial charge in [0.15, 0.2) is 0 Å². The second-order valence-electron chi connectivity index (χ2n) is 4.26. The summed E-state index contributed by atoms with van der Waals surface area (Å²) < 4.78 is 15.6. The molecule has 20 heavy (non-hydrogen) atoms. The van der Waals surface area contributed by atoms with E-state index in [0.717, 1.165) is 6.42 Å². The molecule has 0 fully saturated rings. The first kappa shape index (κ1) is 16.9. The number of anilines is 1. The number of methoxy groups -OCH3 is 1. The SMILES string of the molecule is COCCOCCCNc1nc(Cl)nc(OC(C)C)n1. The molecule has 1 rings (SSSR count). The number of aromatic nitrogens is 3. The van der Waals surface area contributed by atoms with Crippen LogP contribution in [0.1, 0.15) is 20.3 Å². The van der Waals surface area contributed by atoms with Crippen molar-refractivity contribution < 1.29 is 14.2 Å². The van der Waals surface area contributed by atoms with E-state index in [9.17, 15) is 0 Å². The molecule has 114 valence electrons. The van der Waals surface area contributed by atoms with E-state index in [4.69, 9.17) is 25.8 Å². The van der Waals surface area contributed by atoms with E-state index in [1.165, 1.54) is 0 Å². The summed E-state index contributed by atoms with van der Waals surface area (Å²) in [5.41, 5.74) is 0. The molecule has 1 N–H and O–H groups in total. The molecule has 0 aliphatic rings. The van der Waals surface area contributed by atoms with Gasteiger partial charge in [-0.05, 0) is 31.9 Å². The zero-order chi connectivity index (χ0) is 14.8. The monoisotopic (exact) mass is 304 g/mol. The van der Waals surface area contributed by atoms with Gasteiger partial charge in [-0.2, -0.15) is 15.0 Å². The van der Waals surface area contributed by atoms with Crippen molar-refractivity contribution in [2.75, 3.05) is 38.8 Å². The molecule has 1 aromatic rings. The van der Waals surface area contributed by atoms with Crippen LogP contribution in [0.3, 0.4) is 0 Å². The lowest BCUT2D eigenvalue weighted by Crippen LogP contribution is -2.13. The van der Waals surface area contributed by atoms with Gasteiger partial charge in [-0.1, -0.05) is 0 Å². The normalized spacial score (nSPS) is 10.8. The maximum atomic E-state index is 5.81. The Morgan fingerprint density at radius 3 is 2.65 bits per heavy atom. The quantitative estimate of drug-likeness (QED) is 0.660. The lowest BCUT2D eigenvalue weighted by atomic mass is 10.4. The topological polar surface area (TPSA) is 78.4 Å². The Morgan fingerprint density at radius 2 is 1.95 bits per heavy atom. The average Bonchev–Trinajstić information content (AvgIpc) is 2.36. The fourth-order valence-corrected chi connectivity index (χ4v) is 1.45. The highest BCUT2D eigenvalue weighted by atomic mass is 35.5. The summed E-state index contributed by atoms with van der Waals surface area (Å²) in [6, 6.07) is 0.221. The number of nitrogens with one attached hydrogen (secondary N) is 1. The summed E-state index contributed by atoms with van der Waals surface area (Å²) in [5.74, 6) is 0.401. The molecule has 0 aliphatic heterocycles. The molecule has 0 saturated heterocycles. The molecular formula is C12H21ClN4O3. The Kier molecular flexibility index (Phi) is 8.17. The van der Waals surface area contributed by atoms with Crippen LogP contribution in [0.2, 0.25) is 5.28 Å². The molecule has 1 aromatic heterocycles. The third-order valence-corrected chi connectivity index (χ3v) is 2.28. The highest BCUT2D eigenvalue weighted by molar-refractivity contribution is 6.28. The molecule has 0 aliphatic carbocycles. The zero-order valence-corrected chi connectivity index (χ0v) is 12.8. The Morgan fingerprint density at radius 1 is 1.15 bits per heavy atom. The van der Waals surface area contributed by atoms with Crippen molar-refractivity contribution >= 4 is 17.5 Å². The predicted octanol–water partition coefficient (Wildman–Crippen LogP) is 1.78. The van der Waals surface area contributed by atoms with Crippen molar-refractivity contribution in [1.82, 2.24) is 15.0 Å². The lowest BCUT2D eigenvalue weighted by Gasteiger charge is -2.09. The van der Waals surface area contributed by atoms with Crippen LogP contribution in [0.4, 0.5) is 5.95 Å². The Labute approximate surface area is 124 Å². The number of rotatable bonds is 10. The fraction of sp³-hybridized carbons (Fsp3) is 0.750. The summed E-state index contributed by atoms with van der Waals surface area (Å²) in [7, 11) is 1.65. The van der Waals surface area contributed by atoms with Crippen LogP contribution in [0, 0.1) is 0 Å². The smallest absolute Gasteiger partial charge is 0.322 e. The highest BCUT2D eigenvalue weighted by Gasteiger charge is 2.07. The number of nitrogens with zero attached hydrogens (tertiary/aromatic N) is 3. The standard InChI is InChI=1S/C12H21ClN4O3/c1-9(2)20-12-16-10(13)15-11(17-12)14-5-4-6-19-8-7-18-3/h9H,4-8H2,1-3H3,(H,14,15,16,17). The third kappa shape index (κ3) is 7.42. The molecule has 0 spiro atoms. The van der Waals surface area contributed by atoms with Gasteiger partial charge in [0.1, 0.15) is 0 Å². The van der Waals surface area contributed by atoms with Crippen LogP contribution in [0.15, 0.2) is 0 Å². The van der Waals surface area contributed by atoms with Gasteiger partial charge in [-0.3, -0.25) is 0 Å². The van der Waals surface area contributed by atoms with E-state index in [-0.39, 0.29) is 17.4 Å². The van der Waals surface area contributed by atoms with E-state index < -0.39 is 0 Å². The number of hydrogen-bond donors (Lipinski definition) is 1. The minimum atomic E-state index is -0.0181. The Hall–Kier alpha value is -1.18. The van der Waals surface area contributed by atoms with Crippen LogP contribution in [0.25, 0.3) is 0 Å². The molecule has 0 amide bonds. The van der Waals surface area contributed by atoms with E-state index in [2.05, 4.69) is 20.3 Å². The Bertz CT molecular complexity index is 393. The van der Waals surface area contributed by atoms with Crippen molar-refractivity contribution in [2.45, 2.75) is 26.4 Å². The summed E-state index contributed by atoms with van der Waals surface area (Å²) >= 11 is 5.81. The van der Waals surface area contributed by atoms with Gasteiger partial charge < -0.3 is 19.5 Å². The van der Waals surface area contributed by atoms with Crippen LogP contribution in [0.5, 0.6) is 6.01 Å². The van der Waals surface area contributed by atoms with Gasteiger partial charge >= 0.3 is 6.01 Å². The number of hydrogen-bond acceptors (Lipinski definition) is 7. The molecule has 1 heterocycles. The maximum absolute atomic E-state index is 5.81. The number of ether oxygens (including phenoxy) is 3. The van der Waals surface area contributed by atoms with Crippen LogP contribution in [-0.4, -0.2) is 54.5 Å². The maximum Gasteiger partial charge on any atom is 0.322 e. The highest BCUT2D eigenvalue weighted by Crippen LogP contribution is 2.12. The summed E-state index contributed by atoms with van der Waals surface area (Å²) in [5, 5.41) is 3.16. The minimum absolute atomic E-state index is 0.0181. The second-order valence-corrected chi connectivity index (χ2v) is 4.60. The molecule has 7 nitrogen and oxygen atoms in total. The largest absolute Gasteiger partial charge is 0.461 e. The predicted molar refractivity (Wildman–Crippen MR) is 76.4 cm³/mol. The van der Waals surface area contributed by atoms with E-state index in [1.54, 1.807) is 7.11 Å². The molecule has 0 saturated carbocycles. The summed E-state index contributed by atoms with van der Waals surface area (Å²) in [6.07, 6.45) is 0.809. The van der Waals surface area contributed by atoms with Gasteiger partial charge in [0.05, 0.1) is 19.3 Å². The Balaban J connectivity index is 2.30. The molecule has 8 heteroatoms. The lowest BCUT2D eigenvalue weighted by molar-refractivity contribution is 0.0705. The van der Waals surface area contributed by atoms with Crippen molar-refractivity contribution in [3.05, 3.63) is 5.28 Å². The van der Waals surface area contributed by atoms with Gasteiger partial charge in [0.25, 0.3) is 0 Å². The minimum Gasteiger partial charge on any atom is -0.461 e. The fourth-order valence-electron chi connectivity index (χ4n) is 1.29. The van der Waals surface area contributed by atoms with Gasteiger partial charge in [0.2, 0.25) is 11.2 Å². The van der Waals surface area contributed by atoms with E-state index in [0.29, 0.717) is 32.3 Å². The van der Waals surface area contributed by atoms with E-state index in [1.807, 2.05) is 13.8 Å². The average molecular weight is 305 g/mol. The first-order valence-electron chi connectivity index (χ1n) is 6.50. The molecule has 0 radical (unpaired) electrons. The third-order valence-electron chi connectivity index (χ3n) is 2.11. The molecule has 0 unspecified atom stereocenters. The second kappa shape index (κ2) is 9.68. The van der Waals surface area contributed by atoms with E-state index >= 15 is 0 Å². The van der Waals surface area contributed by atoms with Crippen molar-refractivity contribution in [3.8, 4) is 6.01 Å². The molecule has 0 atom stereocenters. The summed E-state index contributed by atoms with van der Waals surface area (Å²) in [4.78, 5) is 12.0. The van der Waals surface area contributed by atoms with Crippen molar-refractivity contribution in [3.63, 3.8) is 0 Å². The number of halogens is 1. The first-order chi connectivity index (χ1) is 9.61. The zero-order valence-electron chi connectivity index (χ0n) is 12.1. The van der Waals surface area contributed by atoms with Gasteiger partial charge in [-0.25, -0.2) is 0 Å². The van der Waals surface area contributed by atoms with Crippen LogP contribution < -0.4 is 10.1 Å². The molecule has 0 aromatic carbocycles. The molecule has 0 bridgehead atoms. The molecular weight excluding hydrogens is 284 g/mol. The van der Waals surface area contributed by atoms with Gasteiger partial charge in [-0.15, -0.1) is 0 Å². The van der Waals surface area contributed by atoms with Gasteiger partial charge in [0, 0.05) is 20.3 Å². The van der Waals surface area contributed by atoms with Crippen LogP contribution in [-0.2, 0) is 9.47 Å². The van der Waals surface area contributed by atoms with Crippen molar-refractivity contribution in [2.24, 2.45) is 0 Å². The first-order valence-corrected chi connectivity index (χ1v) is 6.88. The van der Waals surface area contributed by atoms with Crippen LogP contribution >= 0.6 is 11.6 Å².